The molecule has 0 fully saturated rings. The van der Waals surface area contributed by atoms with E-state index in [0.29, 0.717) is 18.1 Å². The van der Waals surface area contributed by atoms with Crippen molar-refractivity contribution >= 4 is 17.7 Å². The van der Waals surface area contributed by atoms with Crippen LogP contribution in [0.4, 0.5) is 11.8 Å². The number of carboxylic acids is 1. The Hall–Kier alpha value is -3.55. The number of nitrogens with zero attached hydrogens (tertiary/aromatic N) is 4. The number of hydrogen-bond donors (Lipinski definition) is 3. The summed E-state index contributed by atoms with van der Waals surface area (Å²) >= 11 is 0. The first kappa shape index (κ1) is 17.3. The SMILES string of the molecule is O=C(O)CNc1nc(NCCc2ccncc2)cc(-c2ccncc2)n1. The van der Waals surface area contributed by atoms with E-state index in [1.807, 2.05) is 30.3 Å². The fourth-order valence-corrected chi connectivity index (χ4v) is 2.33. The predicted molar refractivity (Wildman–Crippen MR) is 97.8 cm³/mol. The van der Waals surface area contributed by atoms with Crippen molar-refractivity contribution in [2.45, 2.75) is 6.42 Å². The van der Waals surface area contributed by atoms with E-state index in [2.05, 4.69) is 30.6 Å². The van der Waals surface area contributed by atoms with Gasteiger partial charge in [0.1, 0.15) is 12.4 Å². The van der Waals surface area contributed by atoms with Crippen molar-refractivity contribution in [1.82, 2.24) is 19.9 Å². The van der Waals surface area contributed by atoms with E-state index in [-0.39, 0.29) is 12.5 Å². The van der Waals surface area contributed by atoms with Crippen molar-refractivity contribution in [3.63, 3.8) is 0 Å². The lowest BCUT2D eigenvalue weighted by Gasteiger charge is -2.11. The van der Waals surface area contributed by atoms with Gasteiger partial charge in [-0.05, 0) is 36.2 Å². The molecule has 0 aliphatic carbocycles. The van der Waals surface area contributed by atoms with E-state index >= 15 is 0 Å². The first-order valence-corrected chi connectivity index (χ1v) is 8.08. The van der Waals surface area contributed by atoms with Gasteiger partial charge in [-0.2, -0.15) is 4.98 Å². The zero-order valence-corrected chi connectivity index (χ0v) is 14.0. The van der Waals surface area contributed by atoms with Crippen molar-refractivity contribution in [3.05, 3.63) is 60.7 Å². The molecule has 0 spiro atoms. The Balaban J connectivity index is 1.76. The summed E-state index contributed by atoms with van der Waals surface area (Å²) in [4.78, 5) is 27.5. The number of pyridine rings is 2. The van der Waals surface area contributed by atoms with Gasteiger partial charge in [0.25, 0.3) is 0 Å². The number of aliphatic carboxylic acids is 1. The van der Waals surface area contributed by atoms with Gasteiger partial charge < -0.3 is 15.7 Å². The molecule has 0 radical (unpaired) electrons. The molecule has 0 unspecified atom stereocenters. The summed E-state index contributed by atoms with van der Waals surface area (Å²) in [5, 5.41) is 14.8. The highest BCUT2D eigenvalue weighted by molar-refractivity contribution is 5.72. The summed E-state index contributed by atoms with van der Waals surface area (Å²) in [7, 11) is 0. The molecule has 3 N–H and O–H groups in total. The molecule has 0 aromatic carbocycles. The molecule has 0 amide bonds. The Morgan fingerprint density at radius 3 is 2.35 bits per heavy atom. The predicted octanol–water partition coefficient (Wildman–Crippen LogP) is 2.08. The van der Waals surface area contributed by atoms with Gasteiger partial charge in [0.15, 0.2) is 0 Å². The van der Waals surface area contributed by atoms with Gasteiger partial charge in [-0.25, -0.2) is 4.98 Å². The highest BCUT2D eigenvalue weighted by atomic mass is 16.4. The number of carboxylic acid groups (broad SMARTS) is 1. The number of hydrogen-bond acceptors (Lipinski definition) is 7. The molecule has 3 aromatic rings. The lowest BCUT2D eigenvalue weighted by Crippen LogP contribution is -2.15. The van der Waals surface area contributed by atoms with Gasteiger partial charge >= 0.3 is 5.97 Å². The first-order chi connectivity index (χ1) is 12.7. The lowest BCUT2D eigenvalue weighted by atomic mass is 10.2. The van der Waals surface area contributed by atoms with Crippen LogP contribution in [0.3, 0.4) is 0 Å². The second-order valence-corrected chi connectivity index (χ2v) is 5.48. The average Bonchev–Trinajstić information content (AvgIpc) is 2.68. The van der Waals surface area contributed by atoms with Gasteiger partial charge in [-0.3, -0.25) is 14.8 Å². The normalized spacial score (nSPS) is 10.3. The van der Waals surface area contributed by atoms with Crippen molar-refractivity contribution in [1.29, 1.82) is 0 Å². The molecule has 26 heavy (non-hydrogen) atoms. The molecule has 8 heteroatoms. The monoisotopic (exact) mass is 350 g/mol. The number of aromatic nitrogens is 4. The van der Waals surface area contributed by atoms with Crippen molar-refractivity contribution in [3.8, 4) is 11.3 Å². The molecule has 0 saturated heterocycles. The molecule has 0 atom stereocenters. The van der Waals surface area contributed by atoms with Crippen LogP contribution in [0.5, 0.6) is 0 Å². The van der Waals surface area contributed by atoms with Crippen LogP contribution in [0.2, 0.25) is 0 Å². The number of nitrogens with one attached hydrogen (secondary N) is 2. The molecule has 8 nitrogen and oxygen atoms in total. The van der Waals surface area contributed by atoms with E-state index < -0.39 is 5.97 Å². The Morgan fingerprint density at radius 2 is 1.65 bits per heavy atom. The molecule has 0 aliphatic rings. The molecule has 132 valence electrons. The summed E-state index contributed by atoms with van der Waals surface area (Å²) < 4.78 is 0. The second kappa shape index (κ2) is 8.52. The molecule has 3 aromatic heterocycles. The second-order valence-electron chi connectivity index (χ2n) is 5.48. The van der Waals surface area contributed by atoms with Crippen LogP contribution in [0.1, 0.15) is 5.56 Å². The maximum atomic E-state index is 10.8. The third kappa shape index (κ3) is 4.97. The summed E-state index contributed by atoms with van der Waals surface area (Å²) in [5.74, 6) is -0.100. The smallest absolute Gasteiger partial charge is 0.322 e. The molecule has 0 aliphatic heterocycles. The first-order valence-electron chi connectivity index (χ1n) is 8.08. The lowest BCUT2D eigenvalue weighted by molar-refractivity contribution is -0.134. The molecular weight excluding hydrogens is 332 g/mol. The number of anilines is 2. The van der Waals surface area contributed by atoms with E-state index in [4.69, 9.17) is 5.11 Å². The maximum absolute atomic E-state index is 10.8. The van der Waals surface area contributed by atoms with Crippen molar-refractivity contribution in [2.24, 2.45) is 0 Å². The molecule has 3 rings (SSSR count). The fraction of sp³-hybridized carbons (Fsp3) is 0.167. The van der Waals surface area contributed by atoms with Crippen molar-refractivity contribution in [2.75, 3.05) is 23.7 Å². The zero-order valence-electron chi connectivity index (χ0n) is 14.0. The fourth-order valence-electron chi connectivity index (χ4n) is 2.33. The largest absolute Gasteiger partial charge is 0.480 e. The Bertz CT molecular complexity index is 858. The summed E-state index contributed by atoms with van der Waals surface area (Å²) in [5.41, 5.74) is 2.72. The van der Waals surface area contributed by atoms with E-state index in [1.165, 1.54) is 5.56 Å². The zero-order chi connectivity index (χ0) is 18.2. The van der Waals surface area contributed by atoms with Crippen LogP contribution in [0, 0.1) is 0 Å². The minimum Gasteiger partial charge on any atom is -0.480 e. The minimum absolute atomic E-state index is 0.254. The van der Waals surface area contributed by atoms with E-state index in [9.17, 15) is 4.79 Å². The van der Waals surface area contributed by atoms with Crippen LogP contribution in [0.15, 0.2) is 55.1 Å². The summed E-state index contributed by atoms with van der Waals surface area (Å²) in [6, 6.07) is 9.43. The van der Waals surface area contributed by atoms with Crippen LogP contribution in [0.25, 0.3) is 11.3 Å². The summed E-state index contributed by atoms with van der Waals surface area (Å²) in [6.45, 7) is 0.422. The van der Waals surface area contributed by atoms with E-state index in [1.54, 1.807) is 24.8 Å². The topological polar surface area (TPSA) is 113 Å². The van der Waals surface area contributed by atoms with Gasteiger partial charge in [-0.15, -0.1) is 0 Å². The minimum atomic E-state index is -0.977. The Labute approximate surface area is 150 Å². The van der Waals surface area contributed by atoms with Crippen LogP contribution in [-0.4, -0.2) is 44.1 Å². The van der Waals surface area contributed by atoms with E-state index in [0.717, 1.165) is 12.0 Å². The highest BCUT2D eigenvalue weighted by Crippen LogP contribution is 2.20. The Kier molecular flexibility index (Phi) is 5.66. The van der Waals surface area contributed by atoms with Gasteiger partial charge in [-0.1, -0.05) is 0 Å². The van der Waals surface area contributed by atoms with Crippen molar-refractivity contribution < 1.29 is 9.90 Å². The molecule has 3 heterocycles. The molecule has 0 saturated carbocycles. The maximum Gasteiger partial charge on any atom is 0.322 e. The molecular formula is C18H18N6O2. The Morgan fingerprint density at radius 1 is 0.962 bits per heavy atom. The third-order valence-corrected chi connectivity index (χ3v) is 3.57. The standard InChI is InChI=1S/C18H18N6O2/c25-17(26)12-22-18-23-15(14-4-8-20-9-5-14)11-16(24-18)21-10-3-13-1-6-19-7-2-13/h1-2,4-9,11H,3,10,12H2,(H,25,26)(H2,21,22,23,24). The van der Waals surface area contributed by atoms with Crippen LogP contribution in [-0.2, 0) is 11.2 Å². The van der Waals surface area contributed by atoms with Crippen LogP contribution < -0.4 is 10.6 Å². The number of carbonyl (C=O) groups is 1. The van der Waals surface area contributed by atoms with Gasteiger partial charge in [0.05, 0.1) is 5.69 Å². The van der Waals surface area contributed by atoms with Crippen LogP contribution >= 0.6 is 0 Å². The van der Waals surface area contributed by atoms with Gasteiger partial charge in [0.2, 0.25) is 5.95 Å². The highest BCUT2D eigenvalue weighted by Gasteiger charge is 2.08. The number of rotatable bonds is 8. The average molecular weight is 350 g/mol. The van der Waals surface area contributed by atoms with Gasteiger partial charge in [0, 0.05) is 43.0 Å². The summed E-state index contributed by atoms with van der Waals surface area (Å²) in [6.07, 6.45) is 7.69. The molecule has 0 bridgehead atoms. The quantitative estimate of drug-likeness (QED) is 0.566. The third-order valence-electron chi connectivity index (χ3n) is 3.57.